The van der Waals surface area contributed by atoms with E-state index in [9.17, 15) is 5.11 Å². The van der Waals surface area contributed by atoms with E-state index in [2.05, 4.69) is 64.2 Å². The van der Waals surface area contributed by atoms with Crippen LogP contribution in [0.3, 0.4) is 0 Å². The number of aromatic hydroxyl groups is 1. The Morgan fingerprint density at radius 2 is 1.84 bits per heavy atom. The van der Waals surface area contributed by atoms with Gasteiger partial charge in [0, 0.05) is 10.4 Å². The summed E-state index contributed by atoms with van der Waals surface area (Å²) in [5, 5.41) is 13.1. The van der Waals surface area contributed by atoms with Gasteiger partial charge in [-0.1, -0.05) is 37.3 Å². The number of nitrogens with zero attached hydrogens (tertiary/aromatic N) is 1. The van der Waals surface area contributed by atoms with Crippen molar-refractivity contribution in [3.8, 4) is 5.75 Å². The van der Waals surface area contributed by atoms with Gasteiger partial charge in [-0.3, -0.25) is 4.90 Å². The number of benzene rings is 2. The van der Waals surface area contributed by atoms with Crippen molar-refractivity contribution >= 4 is 38.0 Å². The van der Waals surface area contributed by atoms with E-state index in [4.69, 9.17) is 0 Å². The molecule has 0 aliphatic carbocycles. The first-order valence-electron chi connectivity index (χ1n) is 8.83. The van der Waals surface area contributed by atoms with Crippen molar-refractivity contribution in [1.82, 2.24) is 4.90 Å². The topological polar surface area (TPSA) is 23.5 Å². The van der Waals surface area contributed by atoms with Gasteiger partial charge < -0.3 is 5.11 Å². The Hall–Kier alpha value is -1.36. The Morgan fingerprint density at radius 1 is 1.08 bits per heavy atom. The van der Waals surface area contributed by atoms with E-state index < -0.39 is 0 Å². The van der Waals surface area contributed by atoms with Gasteiger partial charge in [0.2, 0.25) is 0 Å². The van der Waals surface area contributed by atoms with E-state index in [1.807, 2.05) is 12.1 Å². The molecular formula is C21H22BrNOS. The monoisotopic (exact) mass is 415 g/mol. The van der Waals surface area contributed by atoms with Crippen LogP contribution in [0.25, 0.3) is 10.8 Å². The second-order valence-electron chi connectivity index (χ2n) is 6.98. The fourth-order valence-electron chi connectivity index (χ4n) is 3.84. The number of halogens is 1. The highest BCUT2D eigenvalue weighted by molar-refractivity contribution is 9.11. The Balaban J connectivity index is 1.88. The molecule has 1 unspecified atom stereocenters. The molecule has 0 saturated carbocycles. The standard InChI is InChI=1S/C21H22BrNOS/c1-14-10-12-23(13-11-14)21(18-8-9-19(22)25-18)20-16-5-3-2-4-15(16)6-7-17(20)24/h2-9,14,21,24H,10-13H2,1H3. The quantitative estimate of drug-likeness (QED) is 0.550. The molecule has 1 atom stereocenters. The first kappa shape index (κ1) is 17.1. The first-order chi connectivity index (χ1) is 12.1. The van der Waals surface area contributed by atoms with E-state index in [0.717, 1.165) is 33.7 Å². The number of likely N-dealkylation sites (tertiary alicyclic amines) is 1. The Kier molecular flexibility index (Phi) is 4.85. The summed E-state index contributed by atoms with van der Waals surface area (Å²) in [4.78, 5) is 3.83. The minimum Gasteiger partial charge on any atom is -0.508 e. The number of hydrogen-bond donors (Lipinski definition) is 1. The van der Waals surface area contributed by atoms with Crippen LogP contribution < -0.4 is 0 Å². The van der Waals surface area contributed by atoms with Gasteiger partial charge in [0.05, 0.1) is 9.83 Å². The largest absolute Gasteiger partial charge is 0.508 e. The molecule has 1 fully saturated rings. The molecule has 130 valence electrons. The third kappa shape index (κ3) is 3.35. The molecule has 0 radical (unpaired) electrons. The van der Waals surface area contributed by atoms with Gasteiger partial charge in [-0.25, -0.2) is 0 Å². The summed E-state index contributed by atoms with van der Waals surface area (Å²) >= 11 is 5.38. The fraction of sp³-hybridized carbons (Fsp3) is 0.333. The number of thiophene rings is 1. The van der Waals surface area contributed by atoms with E-state index in [1.165, 1.54) is 23.1 Å². The van der Waals surface area contributed by atoms with Crippen LogP contribution in [0.1, 0.15) is 36.2 Å². The van der Waals surface area contributed by atoms with Gasteiger partial charge >= 0.3 is 0 Å². The lowest BCUT2D eigenvalue weighted by Gasteiger charge is -2.37. The molecule has 1 aliphatic heterocycles. The smallest absolute Gasteiger partial charge is 0.121 e. The number of rotatable bonds is 3. The maximum atomic E-state index is 10.8. The lowest BCUT2D eigenvalue weighted by atomic mass is 9.92. The van der Waals surface area contributed by atoms with Crippen molar-refractivity contribution in [1.29, 1.82) is 0 Å². The number of phenolic OH excluding ortho intramolecular Hbond substituents is 1. The molecule has 1 saturated heterocycles. The average Bonchev–Trinajstić information content (AvgIpc) is 3.05. The van der Waals surface area contributed by atoms with Crippen molar-refractivity contribution in [2.24, 2.45) is 5.92 Å². The van der Waals surface area contributed by atoms with Crippen molar-refractivity contribution in [2.75, 3.05) is 13.1 Å². The second-order valence-corrected chi connectivity index (χ2v) is 9.48. The summed E-state index contributed by atoms with van der Waals surface area (Å²) in [6.45, 7) is 4.48. The molecule has 4 heteroatoms. The maximum Gasteiger partial charge on any atom is 0.121 e. The van der Waals surface area contributed by atoms with Crippen molar-refractivity contribution in [2.45, 2.75) is 25.8 Å². The molecule has 0 spiro atoms. The summed E-state index contributed by atoms with van der Waals surface area (Å²) < 4.78 is 1.14. The summed E-state index contributed by atoms with van der Waals surface area (Å²) in [6.07, 6.45) is 2.43. The van der Waals surface area contributed by atoms with Crippen LogP contribution in [0.15, 0.2) is 52.3 Å². The molecule has 4 rings (SSSR count). The minimum absolute atomic E-state index is 0.106. The van der Waals surface area contributed by atoms with E-state index in [-0.39, 0.29) is 6.04 Å². The highest BCUT2D eigenvalue weighted by Crippen LogP contribution is 2.43. The zero-order valence-electron chi connectivity index (χ0n) is 14.3. The number of fused-ring (bicyclic) bond motifs is 1. The summed E-state index contributed by atoms with van der Waals surface area (Å²) in [5.74, 6) is 1.18. The van der Waals surface area contributed by atoms with Gasteiger partial charge in [0.25, 0.3) is 0 Å². The Bertz CT molecular complexity index is 882. The van der Waals surface area contributed by atoms with Gasteiger partial charge in [0.15, 0.2) is 0 Å². The van der Waals surface area contributed by atoms with Crippen LogP contribution in [0, 0.1) is 5.92 Å². The number of piperidine rings is 1. The van der Waals surface area contributed by atoms with Crippen LogP contribution in [-0.4, -0.2) is 23.1 Å². The van der Waals surface area contributed by atoms with Crippen LogP contribution in [0.2, 0.25) is 0 Å². The molecule has 1 aromatic heterocycles. The highest BCUT2D eigenvalue weighted by Gasteiger charge is 2.30. The van der Waals surface area contributed by atoms with Crippen molar-refractivity contribution in [3.05, 3.63) is 62.8 Å². The van der Waals surface area contributed by atoms with E-state index >= 15 is 0 Å². The van der Waals surface area contributed by atoms with Crippen LogP contribution in [0.4, 0.5) is 0 Å². The lowest BCUT2D eigenvalue weighted by Crippen LogP contribution is -2.36. The SMILES string of the molecule is CC1CCN(C(c2ccc(Br)s2)c2c(O)ccc3ccccc23)CC1. The van der Waals surface area contributed by atoms with Gasteiger partial charge in [-0.2, -0.15) is 0 Å². The summed E-state index contributed by atoms with van der Waals surface area (Å²) in [7, 11) is 0. The van der Waals surface area contributed by atoms with Crippen LogP contribution >= 0.6 is 27.3 Å². The average molecular weight is 416 g/mol. The Labute approximate surface area is 161 Å². The van der Waals surface area contributed by atoms with Gasteiger partial charge in [-0.05, 0) is 76.8 Å². The molecular weight excluding hydrogens is 394 g/mol. The molecule has 3 aromatic rings. The van der Waals surface area contributed by atoms with Crippen LogP contribution in [0.5, 0.6) is 5.75 Å². The van der Waals surface area contributed by atoms with Gasteiger partial charge in [0.1, 0.15) is 5.75 Å². The number of phenols is 1. The maximum absolute atomic E-state index is 10.8. The fourth-order valence-corrected chi connectivity index (χ4v) is 5.41. The third-order valence-electron chi connectivity index (χ3n) is 5.27. The molecule has 1 N–H and O–H groups in total. The second kappa shape index (κ2) is 7.10. The number of hydrogen-bond acceptors (Lipinski definition) is 3. The van der Waals surface area contributed by atoms with E-state index in [0.29, 0.717) is 5.75 Å². The minimum atomic E-state index is 0.106. The van der Waals surface area contributed by atoms with Gasteiger partial charge in [-0.15, -0.1) is 11.3 Å². The van der Waals surface area contributed by atoms with Crippen molar-refractivity contribution < 1.29 is 5.11 Å². The van der Waals surface area contributed by atoms with Crippen LogP contribution in [-0.2, 0) is 0 Å². The molecule has 25 heavy (non-hydrogen) atoms. The normalized spacial score (nSPS) is 17.8. The molecule has 0 amide bonds. The lowest BCUT2D eigenvalue weighted by molar-refractivity contribution is 0.158. The predicted octanol–water partition coefficient (Wildman–Crippen LogP) is 6.19. The third-order valence-corrected chi connectivity index (χ3v) is 6.94. The van der Waals surface area contributed by atoms with Crippen molar-refractivity contribution in [3.63, 3.8) is 0 Å². The molecule has 2 nitrogen and oxygen atoms in total. The zero-order valence-corrected chi connectivity index (χ0v) is 16.7. The molecule has 2 aromatic carbocycles. The molecule has 1 aliphatic rings. The summed E-state index contributed by atoms with van der Waals surface area (Å²) in [5.41, 5.74) is 1.04. The first-order valence-corrected chi connectivity index (χ1v) is 10.4. The Morgan fingerprint density at radius 3 is 2.56 bits per heavy atom. The molecule has 0 bridgehead atoms. The predicted molar refractivity (Wildman–Crippen MR) is 109 cm³/mol. The molecule has 2 heterocycles. The highest BCUT2D eigenvalue weighted by atomic mass is 79.9. The van der Waals surface area contributed by atoms with E-state index in [1.54, 1.807) is 11.3 Å². The summed E-state index contributed by atoms with van der Waals surface area (Å²) in [6, 6.07) is 16.6. The zero-order chi connectivity index (χ0) is 17.4.